The molecule has 1 saturated heterocycles. The molecule has 0 amide bonds. The van der Waals surface area contributed by atoms with Crippen molar-refractivity contribution in [2.45, 2.75) is 11.4 Å². The molecule has 1 aliphatic heterocycles. The summed E-state index contributed by atoms with van der Waals surface area (Å²) in [5.74, 6) is 1.10. The Balaban J connectivity index is 1.26. The smallest absolute Gasteiger partial charge is 0.245 e. The van der Waals surface area contributed by atoms with Gasteiger partial charge in [0, 0.05) is 37.1 Å². The van der Waals surface area contributed by atoms with Crippen LogP contribution >= 0.6 is 23.1 Å². The first kappa shape index (κ1) is 18.8. The second-order valence-electron chi connectivity index (χ2n) is 6.59. The summed E-state index contributed by atoms with van der Waals surface area (Å²) in [6.45, 7) is 2.45. The van der Waals surface area contributed by atoms with Crippen LogP contribution in [-0.2, 0) is 16.6 Å². The molecule has 1 aliphatic rings. The van der Waals surface area contributed by atoms with Gasteiger partial charge in [-0.2, -0.15) is 29.4 Å². The SMILES string of the molecule is O=S(=O)(c1cccc2nsnc12)N1CCN(Cc2nc(-c3ccsc3)no2)CC1. The van der Waals surface area contributed by atoms with Gasteiger partial charge in [0.1, 0.15) is 15.9 Å². The Morgan fingerprint density at radius 3 is 2.76 bits per heavy atom. The number of piperazine rings is 1. The third-order valence-corrected chi connectivity index (χ3v) is 7.96. The predicted molar refractivity (Wildman–Crippen MR) is 109 cm³/mol. The van der Waals surface area contributed by atoms with Crippen LogP contribution in [0.2, 0.25) is 0 Å². The molecule has 0 aliphatic carbocycles. The summed E-state index contributed by atoms with van der Waals surface area (Å²) in [6.07, 6.45) is 0. The molecular weight excluding hydrogens is 432 g/mol. The number of aromatic nitrogens is 4. The standard InChI is InChI=1S/C17H16N6O3S3/c24-29(25,14-3-1-2-13-16(14)21-28-20-13)23-7-5-22(6-8-23)10-15-18-17(19-26-15)12-4-9-27-11-12/h1-4,9,11H,5-8,10H2. The van der Waals surface area contributed by atoms with Gasteiger partial charge in [-0.15, -0.1) is 0 Å². The zero-order valence-corrected chi connectivity index (χ0v) is 17.6. The van der Waals surface area contributed by atoms with Crippen molar-refractivity contribution in [3.8, 4) is 11.4 Å². The van der Waals surface area contributed by atoms with Crippen LogP contribution in [-0.4, -0.2) is 62.7 Å². The summed E-state index contributed by atoms with van der Waals surface area (Å²) in [4.78, 5) is 6.76. The fraction of sp³-hybridized carbons (Fsp3) is 0.294. The number of fused-ring (bicyclic) bond motifs is 1. The molecule has 1 aromatic carbocycles. The fourth-order valence-corrected chi connectivity index (χ4v) is 6.08. The lowest BCUT2D eigenvalue weighted by Gasteiger charge is -2.33. The third kappa shape index (κ3) is 3.57. The zero-order valence-electron chi connectivity index (χ0n) is 15.1. The summed E-state index contributed by atoms with van der Waals surface area (Å²) in [6, 6.07) is 7.01. The number of benzene rings is 1. The Kier molecular flexibility index (Phi) is 4.87. The molecule has 9 nitrogen and oxygen atoms in total. The van der Waals surface area contributed by atoms with Crippen LogP contribution in [0.5, 0.6) is 0 Å². The minimum Gasteiger partial charge on any atom is -0.338 e. The van der Waals surface area contributed by atoms with E-state index in [0.717, 1.165) is 17.3 Å². The van der Waals surface area contributed by atoms with E-state index in [1.165, 1.54) is 4.31 Å². The maximum atomic E-state index is 13.1. The number of hydrogen-bond donors (Lipinski definition) is 0. The van der Waals surface area contributed by atoms with Crippen LogP contribution in [0.1, 0.15) is 5.89 Å². The number of sulfonamides is 1. The lowest BCUT2D eigenvalue weighted by atomic mass is 10.3. The van der Waals surface area contributed by atoms with E-state index >= 15 is 0 Å². The van der Waals surface area contributed by atoms with Gasteiger partial charge >= 0.3 is 0 Å². The van der Waals surface area contributed by atoms with E-state index in [2.05, 4.69) is 23.8 Å². The first-order chi connectivity index (χ1) is 14.1. The summed E-state index contributed by atoms with van der Waals surface area (Å²) >= 11 is 2.60. The van der Waals surface area contributed by atoms with Crippen molar-refractivity contribution >= 4 is 44.1 Å². The second kappa shape index (κ2) is 7.54. The predicted octanol–water partition coefficient (Wildman–Crippen LogP) is 2.31. The van der Waals surface area contributed by atoms with Crippen molar-refractivity contribution in [3.63, 3.8) is 0 Å². The highest BCUT2D eigenvalue weighted by atomic mass is 32.2. The van der Waals surface area contributed by atoms with E-state index in [-0.39, 0.29) is 4.90 Å². The number of hydrogen-bond acceptors (Lipinski definition) is 10. The van der Waals surface area contributed by atoms with Gasteiger partial charge in [0.15, 0.2) is 0 Å². The average molecular weight is 449 g/mol. The molecule has 4 aromatic rings. The molecule has 0 saturated carbocycles. The highest BCUT2D eigenvalue weighted by molar-refractivity contribution is 7.89. The van der Waals surface area contributed by atoms with Crippen LogP contribution in [0.15, 0.2) is 44.4 Å². The third-order valence-electron chi connectivity index (χ3n) is 4.80. The Hall–Kier alpha value is -2.25. The minimum absolute atomic E-state index is 0.217. The molecule has 0 N–H and O–H groups in total. The van der Waals surface area contributed by atoms with Crippen LogP contribution in [0.25, 0.3) is 22.4 Å². The van der Waals surface area contributed by atoms with E-state index in [1.807, 2.05) is 16.8 Å². The Morgan fingerprint density at radius 2 is 1.97 bits per heavy atom. The largest absolute Gasteiger partial charge is 0.338 e. The molecule has 0 spiro atoms. The Morgan fingerprint density at radius 1 is 1.10 bits per heavy atom. The first-order valence-corrected chi connectivity index (χ1v) is 12.0. The summed E-state index contributed by atoms with van der Waals surface area (Å²) in [7, 11) is -3.62. The minimum atomic E-state index is -3.62. The van der Waals surface area contributed by atoms with Gasteiger partial charge in [0.05, 0.1) is 18.3 Å². The highest BCUT2D eigenvalue weighted by Crippen LogP contribution is 2.25. The van der Waals surface area contributed by atoms with Gasteiger partial charge in [-0.05, 0) is 23.6 Å². The monoisotopic (exact) mass is 448 g/mol. The second-order valence-corrected chi connectivity index (χ2v) is 9.81. The lowest BCUT2D eigenvalue weighted by molar-refractivity contribution is 0.163. The maximum Gasteiger partial charge on any atom is 0.245 e. The van der Waals surface area contributed by atoms with Gasteiger partial charge in [0.2, 0.25) is 21.7 Å². The van der Waals surface area contributed by atoms with Crippen LogP contribution < -0.4 is 0 Å². The Bertz CT molecular complexity index is 1230. The van der Waals surface area contributed by atoms with Crippen molar-refractivity contribution in [1.82, 2.24) is 28.1 Å². The quantitative estimate of drug-likeness (QED) is 0.458. The lowest BCUT2D eigenvalue weighted by Crippen LogP contribution is -2.48. The van der Waals surface area contributed by atoms with Crippen LogP contribution in [0, 0.1) is 0 Å². The van der Waals surface area contributed by atoms with Crippen molar-refractivity contribution in [2.24, 2.45) is 0 Å². The molecule has 0 bridgehead atoms. The molecular formula is C17H16N6O3S3. The molecule has 0 atom stereocenters. The van der Waals surface area contributed by atoms with Crippen molar-refractivity contribution in [1.29, 1.82) is 0 Å². The normalized spacial score (nSPS) is 16.6. The van der Waals surface area contributed by atoms with E-state index in [9.17, 15) is 8.42 Å². The fourth-order valence-electron chi connectivity index (χ4n) is 3.28. The van der Waals surface area contributed by atoms with E-state index in [1.54, 1.807) is 29.5 Å². The Labute approximate surface area is 175 Å². The molecule has 29 heavy (non-hydrogen) atoms. The van der Waals surface area contributed by atoms with Crippen molar-refractivity contribution < 1.29 is 12.9 Å². The van der Waals surface area contributed by atoms with Gasteiger partial charge in [-0.1, -0.05) is 11.2 Å². The van der Waals surface area contributed by atoms with Gasteiger partial charge in [-0.25, -0.2) is 8.42 Å². The summed E-state index contributed by atoms with van der Waals surface area (Å²) in [5.41, 5.74) is 1.98. The zero-order chi connectivity index (χ0) is 19.8. The number of rotatable bonds is 5. The van der Waals surface area contributed by atoms with E-state index < -0.39 is 10.0 Å². The molecule has 0 radical (unpaired) electrons. The number of nitrogens with zero attached hydrogens (tertiary/aromatic N) is 6. The van der Waals surface area contributed by atoms with E-state index in [0.29, 0.717) is 55.5 Å². The molecule has 0 unspecified atom stereocenters. The molecule has 150 valence electrons. The van der Waals surface area contributed by atoms with Gasteiger partial charge in [0.25, 0.3) is 0 Å². The first-order valence-electron chi connectivity index (χ1n) is 8.90. The van der Waals surface area contributed by atoms with E-state index in [4.69, 9.17) is 4.52 Å². The summed E-state index contributed by atoms with van der Waals surface area (Å²) < 4.78 is 41.4. The topological polar surface area (TPSA) is 105 Å². The number of thiophene rings is 1. The van der Waals surface area contributed by atoms with Crippen LogP contribution in [0.3, 0.4) is 0 Å². The molecule has 3 aromatic heterocycles. The van der Waals surface area contributed by atoms with Crippen molar-refractivity contribution in [3.05, 3.63) is 40.9 Å². The highest BCUT2D eigenvalue weighted by Gasteiger charge is 2.31. The van der Waals surface area contributed by atoms with Crippen molar-refractivity contribution in [2.75, 3.05) is 26.2 Å². The molecule has 4 heterocycles. The van der Waals surface area contributed by atoms with Gasteiger partial charge in [-0.3, -0.25) is 4.90 Å². The van der Waals surface area contributed by atoms with Gasteiger partial charge < -0.3 is 4.52 Å². The molecule has 12 heteroatoms. The van der Waals surface area contributed by atoms with Crippen LogP contribution in [0.4, 0.5) is 0 Å². The molecule has 5 rings (SSSR count). The molecule has 1 fully saturated rings. The average Bonchev–Trinajstić information content (AvgIpc) is 3.48. The maximum absolute atomic E-state index is 13.1. The summed E-state index contributed by atoms with van der Waals surface area (Å²) in [5, 5.41) is 7.95.